The molecule has 0 aromatic carbocycles. The summed E-state index contributed by atoms with van der Waals surface area (Å²) in [5.41, 5.74) is 0. The molecule has 0 radical (unpaired) electrons. The largest absolute Gasteiger partial charge is 0.352 e. The molecule has 1 amide bonds. The molecule has 3 heterocycles. The van der Waals surface area contributed by atoms with E-state index in [0.29, 0.717) is 6.54 Å². The van der Waals surface area contributed by atoms with Crippen LogP contribution in [0.1, 0.15) is 12.8 Å². The normalized spacial score (nSPS) is 20.3. The maximum Gasteiger partial charge on any atom is 0.236 e. The number of anilines is 1. The number of carbonyl (C=O) groups is 1. The fraction of sp³-hybridized carbons (Fsp3) is 0.625. The SMILES string of the molecule is N#CC1CCN(CC(=O)N2CCN(c3cnccn3)CC2)CC1. The van der Waals surface area contributed by atoms with E-state index in [1.165, 1.54) is 0 Å². The van der Waals surface area contributed by atoms with Crippen molar-refractivity contribution in [1.29, 1.82) is 5.26 Å². The van der Waals surface area contributed by atoms with Crippen LogP contribution >= 0.6 is 0 Å². The van der Waals surface area contributed by atoms with Crippen molar-refractivity contribution in [2.75, 3.05) is 50.7 Å². The van der Waals surface area contributed by atoms with Crippen molar-refractivity contribution in [1.82, 2.24) is 19.8 Å². The Morgan fingerprint density at radius 2 is 1.91 bits per heavy atom. The second-order valence-electron chi connectivity index (χ2n) is 6.11. The number of hydrogen-bond donors (Lipinski definition) is 0. The molecule has 2 saturated heterocycles. The summed E-state index contributed by atoms with van der Waals surface area (Å²) >= 11 is 0. The Labute approximate surface area is 136 Å². The highest BCUT2D eigenvalue weighted by molar-refractivity contribution is 5.78. The van der Waals surface area contributed by atoms with E-state index in [2.05, 4.69) is 25.8 Å². The van der Waals surface area contributed by atoms with E-state index in [4.69, 9.17) is 5.26 Å². The molecule has 2 aliphatic heterocycles. The third kappa shape index (κ3) is 3.96. The predicted octanol–water partition coefficient (Wildman–Crippen LogP) is 0.361. The van der Waals surface area contributed by atoms with Crippen molar-refractivity contribution in [3.05, 3.63) is 18.6 Å². The van der Waals surface area contributed by atoms with Gasteiger partial charge in [0.2, 0.25) is 5.91 Å². The molecule has 2 fully saturated rings. The summed E-state index contributed by atoms with van der Waals surface area (Å²) in [6.45, 7) is 5.21. The van der Waals surface area contributed by atoms with Crippen LogP contribution in [0.25, 0.3) is 0 Å². The number of hydrogen-bond acceptors (Lipinski definition) is 6. The van der Waals surface area contributed by atoms with Gasteiger partial charge in [0.1, 0.15) is 5.82 Å². The molecular weight excluding hydrogens is 292 g/mol. The van der Waals surface area contributed by atoms with E-state index in [1.807, 2.05) is 4.90 Å². The topological polar surface area (TPSA) is 76.4 Å². The van der Waals surface area contributed by atoms with E-state index < -0.39 is 0 Å². The minimum atomic E-state index is 0.164. The summed E-state index contributed by atoms with van der Waals surface area (Å²) in [5, 5.41) is 8.92. The molecule has 2 aliphatic rings. The number of carbonyl (C=O) groups excluding carboxylic acids is 1. The van der Waals surface area contributed by atoms with Gasteiger partial charge in [-0.25, -0.2) is 4.98 Å². The Bertz CT molecular complexity index is 556. The van der Waals surface area contributed by atoms with Crippen LogP contribution in [0.4, 0.5) is 5.82 Å². The van der Waals surface area contributed by atoms with Gasteiger partial charge in [-0.2, -0.15) is 5.26 Å². The number of piperazine rings is 1. The monoisotopic (exact) mass is 314 g/mol. The zero-order chi connectivity index (χ0) is 16.1. The fourth-order valence-corrected chi connectivity index (χ4v) is 3.15. The number of amides is 1. The second-order valence-corrected chi connectivity index (χ2v) is 6.11. The lowest BCUT2D eigenvalue weighted by Crippen LogP contribution is -2.52. The van der Waals surface area contributed by atoms with E-state index in [1.54, 1.807) is 18.6 Å². The van der Waals surface area contributed by atoms with Crippen molar-refractivity contribution in [2.45, 2.75) is 12.8 Å². The Morgan fingerprint density at radius 3 is 2.52 bits per heavy atom. The van der Waals surface area contributed by atoms with Gasteiger partial charge >= 0.3 is 0 Å². The molecule has 0 bridgehead atoms. The number of likely N-dealkylation sites (tertiary alicyclic amines) is 1. The van der Waals surface area contributed by atoms with Crippen molar-refractivity contribution < 1.29 is 4.79 Å². The van der Waals surface area contributed by atoms with Crippen LogP contribution in [-0.4, -0.2) is 71.5 Å². The highest BCUT2D eigenvalue weighted by Crippen LogP contribution is 2.16. The minimum absolute atomic E-state index is 0.164. The molecule has 0 atom stereocenters. The Kier molecular flexibility index (Phi) is 5.03. The summed E-state index contributed by atoms with van der Waals surface area (Å²) < 4.78 is 0. The zero-order valence-electron chi connectivity index (χ0n) is 13.3. The number of nitriles is 1. The molecule has 1 aromatic heterocycles. The van der Waals surface area contributed by atoms with Crippen LogP contribution in [0.3, 0.4) is 0 Å². The Morgan fingerprint density at radius 1 is 1.17 bits per heavy atom. The summed E-state index contributed by atoms with van der Waals surface area (Å²) in [4.78, 5) is 27.1. The van der Waals surface area contributed by atoms with Gasteiger partial charge in [-0.1, -0.05) is 0 Å². The summed E-state index contributed by atoms with van der Waals surface area (Å²) in [5.74, 6) is 1.23. The molecule has 122 valence electrons. The standard InChI is InChI=1S/C16H22N6O/c17-11-14-1-5-20(6-2-14)13-16(23)22-9-7-21(8-10-22)15-12-18-3-4-19-15/h3-4,12,14H,1-2,5-10,13H2. The van der Waals surface area contributed by atoms with Gasteiger partial charge < -0.3 is 9.80 Å². The smallest absolute Gasteiger partial charge is 0.236 e. The lowest BCUT2D eigenvalue weighted by Gasteiger charge is -2.37. The predicted molar refractivity (Wildman–Crippen MR) is 85.6 cm³/mol. The van der Waals surface area contributed by atoms with Gasteiger partial charge in [0.15, 0.2) is 0 Å². The van der Waals surface area contributed by atoms with Gasteiger partial charge in [0, 0.05) is 44.5 Å². The first-order valence-electron chi connectivity index (χ1n) is 8.17. The molecule has 0 N–H and O–H groups in total. The molecular formula is C16H22N6O. The lowest BCUT2D eigenvalue weighted by molar-refractivity contribution is -0.133. The van der Waals surface area contributed by atoms with Crippen molar-refractivity contribution in [2.24, 2.45) is 5.92 Å². The molecule has 23 heavy (non-hydrogen) atoms. The van der Waals surface area contributed by atoms with Crippen molar-refractivity contribution in [3.63, 3.8) is 0 Å². The van der Waals surface area contributed by atoms with Crippen LogP contribution < -0.4 is 4.90 Å². The van der Waals surface area contributed by atoms with Crippen molar-refractivity contribution in [3.8, 4) is 6.07 Å². The molecule has 7 nitrogen and oxygen atoms in total. The zero-order valence-corrected chi connectivity index (χ0v) is 13.3. The third-order valence-electron chi connectivity index (χ3n) is 4.63. The van der Waals surface area contributed by atoms with Gasteiger partial charge in [-0.05, 0) is 25.9 Å². The van der Waals surface area contributed by atoms with E-state index in [9.17, 15) is 4.79 Å². The first-order valence-corrected chi connectivity index (χ1v) is 8.17. The highest BCUT2D eigenvalue weighted by Gasteiger charge is 2.25. The average Bonchev–Trinajstić information content (AvgIpc) is 2.63. The Balaban J connectivity index is 1.45. The molecule has 3 rings (SSSR count). The molecule has 0 aliphatic carbocycles. The molecule has 7 heteroatoms. The highest BCUT2D eigenvalue weighted by atomic mass is 16.2. The first-order chi connectivity index (χ1) is 11.3. The summed E-state index contributed by atoms with van der Waals surface area (Å²) in [6.07, 6.45) is 6.88. The summed E-state index contributed by atoms with van der Waals surface area (Å²) in [7, 11) is 0. The first kappa shape index (κ1) is 15.7. The maximum atomic E-state index is 12.4. The number of piperidine rings is 1. The second kappa shape index (κ2) is 7.38. The van der Waals surface area contributed by atoms with Gasteiger partial charge in [-0.15, -0.1) is 0 Å². The van der Waals surface area contributed by atoms with Crippen LogP contribution in [0.2, 0.25) is 0 Å². The maximum absolute atomic E-state index is 12.4. The van der Waals surface area contributed by atoms with Gasteiger partial charge in [0.25, 0.3) is 0 Å². The van der Waals surface area contributed by atoms with Gasteiger partial charge in [0.05, 0.1) is 18.8 Å². The van der Waals surface area contributed by atoms with E-state index >= 15 is 0 Å². The van der Waals surface area contributed by atoms with Gasteiger partial charge in [-0.3, -0.25) is 14.7 Å². The van der Waals surface area contributed by atoms with E-state index in [0.717, 1.165) is 57.9 Å². The fourth-order valence-electron chi connectivity index (χ4n) is 3.15. The van der Waals surface area contributed by atoms with Crippen LogP contribution in [0, 0.1) is 17.2 Å². The molecule has 0 spiro atoms. The molecule has 0 unspecified atom stereocenters. The number of nitrogens with zero attached hydrogens (tertiary/aromatic N) is 6. The molecule has 0 saturated carbocycles. The van der Waals surface area contributed by atoms with Crippen LogP contribution in [0.15, 0.2) is 18.6 Å². The van der Waals surface area contributed by atoms with Crippen LogP contribution in [0.5, 0.6) is 0 Å². The van der Waals surface area contributed by atoms with Crippen molar-refractivity contribution >= 4 is 11.7 Å². The third-order valence-corrected chi connectivity index (χ3v) is 4.63. The minimum Gasteiger partial charge on any atom is -0.352 e. The van der Waals surface area contributed by atoms with Crippen LogP contribution in [-0.2, 0) is 4.79 Å². The number of rotatable bonds is 3. The quantitative estimate of drug-likeness (QED) is 0.802. The lowest BCUT2D eigenvalue weighted by atomic mass is 9.99. The van der Waals surface area contributed by atoms with E-state index in [-0.39, 0.29) is 11.8 Å². The number of aromatic nitrogens is 2. The summed E-state index contributed by atoms with van der Waals surface area (Å²) in [6, 6.07) is 2.32. The Hall–Kier alpha value is -2.20. The average molecular weight is 314 g/mol. The molecule has 1 aromatic rings.